The van der Waals surface area contributed by atoms with Gasteiger partial charge in [0.1, 0.15) is 5.84 Å². The van der Waals surface area contributed by atoms with Gasteiger partial charge in [0.05, 0.1) is 7.11 Å². The molecular weight excluding hydrogens is 337 g/mol. The molecule has 23 heavy (non-hydrogen) atoms. The number of amidine groups is 1. The lowest BCUT2D eigenvalue weighted by Crippen LogP contribution is -2.22. The zero-order chi connectivity index (χ0) is 17.0. The van der Waals surface area contributed by atoms with Crippen LogP contribution in [-0.4, -0.2) is 18.9 Å². The molecule has 0 aliphatic rings. The second-order valence-electron chi connectivity index (χ2n) is 4.79. The van der Waals surface area contributed by atoms with E-state index in [-0.39, 0.29) is 5.84 Å². The molecule has 1 unspecified atom stereocenters. The van der Waals surface area contributed by atoms with E-state index >= 15 is 0 Å². The van der Waals surface area contributed by atoms with Crippen LogP contribution in [0.25, 0.3) is 0 Å². The fourth-order valence-corrected chi connectivity index (χ4v) is 2.59. The summed E-state index contributed by atoms with van der Waals surface area (Å²) in [5, 5.41) is 11.3. The van der Waals surface area contributed by atoms with Crippen molar-refractivity contribution in [3.05, 3.63) is 63.6 Å². The highest BCUT2D eigenvalue weighted by atomic mass is 35.5. The highest BCUT2D eigenvalue weighted by molar-refractivity contribution is 6.34. The Balaban J connectivity index is 2.32. The number of carbonyl (C=O) groups excluding carboxylic acids is 1. The molecule has 2 rings (SSSR count). The number of methoxy groups -OCH3 is 1. The van der Waals surface area contributed by atoms with Gasteiger partial charge in [-0.25, -0.2) is 4.79 Å². The van der Waals surface area contributed by atoms with Gasteiger partial charge in [-0.3, -0.25) is 5.41 Å². The predicted octanol–water partition coefficient (Wildman–Crippen LogP) is 3.60. The van der Waals surface area contributed by atoms with E-state index < -0.39 is 12.0 Å². The Hall–Kier alpha value is -2.24. The van der Waals surface area contributed by atoms with Gasteiger partial charge in [-0.1, -0.05) is 23.2 Å². The standard InChI is InChI=1S/C16H15Cl2N3O2/c1-23-16(22)14(10-6-11(17)8-12(18)7-10)21-13-4-2-9(3-5-13)15(19)20/h2-8,14,21H,1H3,(H3,19,20). The first-order chi connectivity index (χ1) is 10.9. The number of nitrogens with one attached hydrogen (secondary N) is 2. The summed E-state index contributed by atoms with van der Waals surface area (Å²) in [6.45, 7) is 0. The van der Waals surface area contributed by atoms with Gasteiger partial charge in [0.2, 0.25) is 0 Å². The average molecular weight is 352 g/mol. The van der Waals surface area contributed by atoms with E-state index in [1.807, 2.05) is 0 Å². The van der Waals surface area contributed by atoms with E-state index in [1.165, 1.54) is 7.11 Å². The highest BCUT2D eigenvalue weighted by Crippen LogP contribution is 2.27. The van der Waals surface area contributed by atoms with E-state index in [4.69, 9.17) is 39.1 Å². The molecule has 0 saturated carbocycles. The minimum absolute atomic E-state index is 0.0253. The Morgan fingerprint density at radius 2 is 1.74 bits per heavy atom. The molecular formula is C16H15Cl2N3O2. The van der Waals surface area contributed by atoms with Crippen LogP contribution in [0.5, 0.6) is 0 Å². The van der Waals surface area contributed by atoms with Crippen molar-refractivity contribution in [1.82, 2.24) is 0 Å². The molecule has 2 aromatic carbocycles. The number of hydrogen-bond acceptors (Lipinski definition) is 4. The van der Waals surface area contributed by atoms with Crippen LogP contribution >= 0.6 is 23.2 Å². The molecule has 120 valence electrons. The fourth-order valence-electron chi connectivity index (χ4n) is 2.05. The summed E-state index contributed by atoms with van der Waals surface area (Å²) < 4.78 is 4.84. The van der Waals surface area contributed by atoms with Gasteiger partial charge < -0.3 is 15.8 Å². The molecule has 1 atom stereocenters. The molecule has 0 spiro atoms. The second kappa shape index (κ2) is 7.35. The quantitative estimate of drug-likeness (QED) is 0.436. The molecule has 0 radical (unpaired) electrons. The zero-order valence-corrected chi connectivity index (χ0v) is 13.8. The van der Waals surface area contributed by atoms with Crippen molar-refractivity contribution >= 4 is 40.7 Å². The Kier molecular flexibility index (Phi) is 5.47. The first kappa shape index (κ1) is 17.1. The minimum atomic E-state index is -0.764. The monoisotopic (exact) mass is 351 g/mol. The average Bonchev–Trinajstić information content (AvgIpc) is 2.51. The molecule has 7 heteroatoms. The normalized spacial score (nSPS) is 11.6. The van der Waals surface area contributed by atoms with Crippen molar-refractivity contribution in [1.29, 1.82) is 5.41 Å². The Bertz CT molecular complexity index is 712. The lowest BCUT2D eigenvalue weighted by molar-refractivity contribution is -0.141. The van der Waals surface area contributed by atoms with E-state index in [9.17, 15) is 4.79 Å². The first-order valence-electron chi connectivity index (χ1n) is 6.65. The van der Waals surface area contributed by atoms with Crippen LogP contribution in [0, 0.1) is 5.41 Å². The third kappa shape index (κ3) is 4.37. The molecule has 0 amide bonds. The van der Waals surface area contributed by atoms with Crippen molar-refractivity contribution in [2.75, 3.05) is 12.4 Å². The molecule has 0 fully saturated rings. The predicted molar refractivity (Wildman–Crippen MR) is 92.3 cm³/mol. The summed E-state index contributed by atoms with van der Waals surface area (Å²) in [6, 6.07) is 10.9. The Labute approximate surface area is 143 Å². The maximum absolute atomic E-state index is 12.1. The number of anilines is 1. The van der Waals surface area contributed by atoms with Gasteiger partial charge in [-0.05, 0) is 48.0 Å². The summed E-state index contributed by atoms with van der Waals surface area (Å²) in [5.41, 5.74) is 7.27. The van der Waals surface area contributed by atoms with Crippen LogP contribution in [0.15, 0.2) is 42.5 Å². The molecule has 2 aromatic rings. The molecule has 0 aliphatic carbocycles. The molecule has 0 aromatic heterocycles. The molecule has 0 saturated heterocycles. The van der Waals surface area contributed by atoms with Gasteiger partial charge in [-0.15, -0.1) is 0 Å². The topological polar surface area (TPSA) is 88.2 Å². The van der Waals surface area contributed by atoms with Gasteiger partial charge in [0, 0.05) is 21.3 Å². The second-order valence-corrected chi connectivity index (χ2v) is 5.67. The zero-order valence-electron chi connectivity index (χ0n) is 12.3. The van der Waals surface area contributed by atoms with Crippen molar-refractivity contribution in [2.24, 2.45) is 5.73 Å². The molecule has 5 nitrogen and oxygen atoms in total. The largest absolute Gasteiger partial charge is 0.467 e. The number of nitrogens with two attached hydrogens (primary N) is 1. The summed E-state index contributed by atoms with van der Waals surface area (Å²) >= 11 is 12.0. The van der Waals surface area contributed by atoms with Crippen LogP contribution in [0.1, 0.15) is 17.2 Å². The van der Waals surface area contributed by atoms with Crippen LogP contribution in [-0.2, 0) is 9.53 Å². The van der Waals surface area contributed by atoms with Crippen LogP contribution in [0.2, 0.25) is 10.0 Å². The van der Waals surface area contributed by atoms with Crippen LogP contribution in [0.4, 0.5) is 5.69 Å². The van der Waals surface area contributed by atoms with E-state index in [2.05, 4.69) is 5.32 Å². The summed E-state index contributed by atoms with van der Waals surface area (Å²) in [4.78, 5) is 12.1. The van der Waals surface area contributed by atoms with Crippen molar-refractivity contribution in [2.45, 2.75) is 6.04 Å². The lowest BCUT2D eigenvalue weighted by atomic mass is 10.1. The number of nitrogen functional groups attached to an aromatic ring is 1. The minimum Gasteiger partial charge on any atom is -0.467 e. The molecule has 0 aliphatic heterocycles. The van der Waals surface area contributed by atoms with E-state index in [1.54, 1.807) is 42.5 Å². The molecule has 0 bridgehead atoms. The number of hydrogen-bond donors (Lipinski definition) is 3. The van der Waals surface area contributed by atoms with E-state index in [0.29, 0.717) is 26.9 Å². The Morgan fingerprint density at radius 1 is 1.17 bits per heavy atom. The molecule has 0 heterocycles. The fraction of sp³-hybridized carbons (Fsp3) is 0.125. The van der Waals surface area contributed by atoms with Gasteiger partial charge in [0.25, 0.3) is 0 Å². The Morgan fingerprint density at radius 3 is 2.22 bits per heavy atom. The number of esters is 1. The number of halogens is 2. The van der Waals surface area contributed by atoms with Gasteiger partial charge in [-0.2, -0.15) is 0 Å². The van der Waals surface area contributed by atoms with Gasteiger partial charge >= 0.3 is 5.97 Å². The first-order valence-corrected chi connectivity index (χ1v) is 7.41. The highest BCUT2D eigenvalue weighted by Gasteiger charge is 2.22. The number of benzene rings is 2. The summed E-state index contributed by atoms with van der Waals surface area (Å²) in [5.74, 6) is -0.498. The van der Waals surface area contributed by atoms with Crippen LogP contribution in [0.3, 0.4) is 0 Å². The summed E-state index contributed by atoms with van der Waals surface area (Å²) in [6.07, 6.45) is 0. The number of carbonyl (C=O) groups is 1. The lowest BCUT2D eigenvalue weighted by Gasteiger charge is -2.19. The number of rotatable bonds is 5. The van der Waals surface area contributed by atoms with Gasteiger partial charge in [0.15, 0.2) is 6.04 Å². The van der Waals surface area contributed by atoms with Crippen LogP contribution < -0.4 is 11.1 Å². The third-order valence-corrected chi connectivity index (χ3v) is 3.60. The summed E-state index contributed by atoms with van der Waals surface area (Å²) in [7, 11) is 1.31. The number of ether oxygens (including phenoxy) is 1. The molecule has 4 N–H and O–H groups in total. The maximum atomic E-state index is 12.1. The maximum Gasteiger partial charge on any atom is 0.332 e. The SMILES string of the molecule is COC(=O)C(Nc1ccc(C(=N)N)cc1)c1cc(Cl)cc(Cl)c1. The van der Waals surface area contributed by atoms with Crippen molar-refractivity contribution < 1.29 is 9.53 Å². The smallest absolute Gasteiger partial charge is 0.332 e. The van der Waals surface area contributed by atoms with E-state index in [0.717, 1.165) is 0 Å². The van der Waals surface area contributed by atoms with Crippen molar-refractivity contribution in [3.8, 4) is 0 Å². The van der Waals surface area contributed by atoms with Crippen molar-refractivity contribution in [3.63, 3.8) is 0 Å². The third-order valence-electron chi connectivity index (χ3n) is 3.16.